The van der Waals surface area contributed by atoms with Gasteiger partial charge in [-0.1, -0.05) is 19.8 Å². The average Bonchev–Trinajstić information content (AvgIpc) is 2.42. The Kier molecular flexibility index (Phi) is 8.78. The molecular weight excluding hydrogens is 242 g/mol. The molecule has 0 bridgehead atoms. The molecule has 0 aliphatic heterocycles. The van der Waals surface area contributed by atoms with Gasteiger partial charge in [0.05, 0.1) is 6.61 Å². The number of benzene rings is 1. The van der Waals surface area contributed by atoms with Gasteiger partial charge in [0.2, 0.25) is 0 Å². The summed E-state index contributed by atoms with van der Waals surface area (Å²) in [4.78, 5) is 1.28. The van der Waals surface area contributed by atoms with Crippen LogP contribution in [0.4, 0.5) is 0 Å². The van der Waals surface area contributed by atoms with Crippen molar-refractivity contribution in [1.29, 1.82) is 0 Å². The molecule has 0 atom stereocenters. The molecule has 102 valence electrons. The van der Waals surface area contributed by atoms with Crippen LogP contribution in [0.5, 0.6) is 5.75 Å². The maximum atomic E-state index is 5.71. The topological polar surface area (TPSA) is 21.3 Å². The smallest absolute Gasteiger partial charge is 0.119 e. The van der Waals surface area contributed by atoms with E-state index in [0.29, 0.717) is 0 Å². The highest BCUT2D eigenvalue weighted by molar-refractivity contribution is 7.98. The van der Waals surface area contributed by atoms with Crippen LogP contribution in [0, 0.1) is 0 Å². The average molecular weight is 267 g/mol. The van der Waals surface area contributed by atoms with E-state index in [1.807, 2.05) is 0 Å². The fourth-order valence-electron chi connectivity index (χ4n) is 1.74. The standard InChI is InChI=1S/C15H25NOS/c1-3-16-12-6-4-5-7-13-17-14-8-10-15(18-2)11-9-14/h8-11,16H,3-7,12-13H2,1-2H3. The Labute approximate surface area is 116 Å². The molecular formula is C15H25NOS. The molecule has 0 heterocycles. The third kappa shape index (κ3) is 6.92. The van der Waals surface area contributed by atoms with E-state index in [-0.39, 0.29) is 0 Å². The lowest BCUT2D eigenvalue weighted by molar-refractivity contribution is 0.304. The summed E-state index contributed by atoms with van der Waals surface area (Å²) in [5.41, 5.74) is 0. The molecule has 0 aromatic heterocycles. The predicted molar refractivity (Wildman–Crippen MR) is 80.7 cm³/mol. The highest BCUT2D eigenvalue weighted by Gasteiger charge is 1.95. The van der Waals surface area contributed by atoms with Crippen LogP contribution in [0.3, 0.4) is 0 Å². The predicted octanol–water partition coefficient (Wildman–Crippen LogP) is 3.96. The van der Waals surface area contributed by atoms with Gasteiger partial charge in [-0.25, -0.2) is 0 Å². The van der Waals surface area contributed by atoms with Crippen molar-refractivity contribution in [2.75, 3.05) is 26.0 Å². The zero-order chi connectivity index (χ0) is 13.1. The minimum absolute atomic E-state index is 0.833. The molecule has 0 spiro atoms. The van der Waals surface area contributed by atoms with Crippen LogP contribution in [-0.4, -0.2) is 26.0 Å². The highest BCUT2D eigenvalue weighted by Crippen LogP contribution is 2.19. The molecule has 1 rings (SSSR count). The normalized spacial score (nSPS) is 10.6. The Balaban J connectivity index is 2.00. The van der Waals surface area contributed by atoms with E-state index >= 15 is 0 Å². The van der Waals surface area contributed by atoms with Crippen LogP contribution < -0.4 is 10.1 Å². The minimum Gasteiger partial charge on any atom is -0.494 e. The van der Waals surface area contributed by atoms with Crippen LogP contribution in [0.1, 0.15) is 32.6 Å². The van der Waals surface area contributed by atoms with Crippen LogP contribution in [-0.2, 0) is 0 Å². The highest BCUT2D eigenvalue weighted by atomic mass is 32.2. The monoisotopic (exact) mass is 267 g/mol. The van der Waals surface area contributed by atoms with Gasteiger partial charge in [0.25, 0.3) is 0 Å². The quantitative estimate of drug-likeness (QED) is 0.512. The molecule has 0 saturated heterocycles. The number of unbranched alkanes of at least 4 members (excludes halogenated alkanes) is 3. The SMILES string of the molecule is CCNCCCCCCOc1ccc(SC)cc1. The molecule has 1 aromatic carbocycles. The van der Waals surface area contributed by atoms with Gasteiger partial charge < -0.3 is 10.1 Å². The molecule has 0 saturated carbocycles. The maximum absolute atomic E-state index is 5.71. The molecule has 1 aromatic rings. The van der Waals surface area contributed by atoms with Gasteiger partial charge in [0.15, 0.2) is 0 Å². The summed E-state index contributed by atoms with van der Waals surface area (Å²) in [7, 11) is 0. The maximum Gasteiger partial charge on any atom is 0.119 e. The summed E-state index contributed by atoms with van der Waals surface area (Å²) in [5, 5.41) is 3.34. The van der Waals surface area contributed by atoms with Crippen molar-refractivity contribution in [1.82, 2.24) is 5.32 Å². The van der Waals surface area contributed by atoms with E-state index in [1.54, 1.807) is 11.8 Å². The van der Waals surface area contributed by atoms with Gasteiger partial charge in [-0.2, -0.15) is 0 Å². The Morgan fingerprint density at radius 1 is 1.06 bits per heavy atom. The lowest BCUT2D eigenvalue weighted by atomic mass is 10.2. The van der Waals surface area contributed by atoms with Gasteiger partial charge in [-0.15, -0.1) is 11.8 Å². The van der Waals surface area contributed by atoms with Gasteiger partial charge >= 0.3 is 0 Å². The van der Waals surface area contributed by atoms with Crippen LogP contribution in [0.15, 0.2) is 29.2 Å². The van der Waals surface area contributed by atoms with Crippen LogP contribution >= 0.6 is 11.8 Å². The first kappa shape index (κ1) is 15.4. The Morgan fingerprint density at radius 3 is 2.44 bits per heavy atom. The molecule has 1 N–H and O–H groups in total. The van der Waals surface area contributed by atoms with Gasteiger partial charge in [0.1, 0.15) is 5.75 Å². The van der Waals surface area contributed by atoms with E-state index < -0.39 is 0 Å². The molecule has 0 radical (unpaired) electrons. The van der Waals surface area contributed by atoms with E-state index in [2.05, 4.69) is 42.8 Å². The summed E-state index contributed by atoms with van der Waals surface area (Å²) in [5.74, 6) is 0.987. The van der Waals surface area contributed by atoms with Gasteiger partial charge in [-0.3, -0.25) is 0 Å². The summed E-state index contributed by atoms with van der Waals surface area (Å²) in [6, 6.07) is 8.32. The number of hydrogen-bond donors (Lipinski definition) is 1. The number of nitrogens with one attached hydrogen (secondary N) is 1. The lowest BCUT2D eigenvalue weighted by Crippen LogP contribution is -2.13. The van der Waals surface area contributed by atoms with Gasteiger partial charge in [-0.05, 0) is 56.5 Å². The second-order valence-corrected chi connectivity index (χ2v) is 5.17. The zero-order valence-corrected chi connectivity index (χ0v) is 12.4. The zero-order valence-electron chi connectivity index (χ0n) is 11.6. The molecule has 0 unspecified atom stereocenters. The molecule has 0 amide bonds. The number of hydrogen-bond acceptors (Lipinski definition) is 3. The van der Waals surface area contributed by atoms with Crippen molar-refractivity contribution in [3.63, 3.8) is 0 Å². The van der Waals surface area contributed by atoms with Crippen molar-refractivity contribution in [3.8, 4) is 5.75 Å². The summed E-state index contributed by atoms with van der Waals surface area (Å²) in [6.07, 6.45) is 7.06. The lowest BCUT2D eigenvalue weighted by Gasteiger charge is -2.06. The van der Waals surface area contributed by atoms with E-state index in [4.69, 9.17) is 4.74 Å². The van der Waals surface area contributed by atoms with E-state index in [0.717, 1.165) is 31.9 Å². The van der Waals surface area contributed by atoms with Crippen molar-refractivity contribution in [2.24, 2.45) is 0 Å². The molecule has 0 aliphatic rings. The fourth-order valence-corrected chi connectivity index (χ4v) is 2.15. The first-order chi connectivity index (χ1) is 8.86. The number of thioether (sulfide) groups is 1. The first-order valence-corrected chi connectivity index (χ1v) is 8.07. The summed E-state index contributed by atoms with van der Waals surface area (Å²) in [6.45, 7) is 5.21. The first-order valence-electron chi connectivity index (χ1n) is 6.84. The molecule has 0 fully saturated rings. The molecule has 2 nitrogen and oxygen atoms in total. The minimum atomic E-state index is 0.833. The molecule has 0 aliphatic carbocycles. The Hall–Kier alpha value is -0.670. The van der Waals surface area contributed by atoms with E-state index in [9.17, 15) is 0 Å². The third-order valence-electron chi connectivity index (χ3n) is 2.83. The van der Waals surface area contributed by atoms with Crippen molar-refractivity contribution < 1.29 is 4.74 Å². The molecule has 18 heavy (non-hydrogen) atoms. The Morgan fingerprint density at radius 2 is 1.78 bits per heavy atom. The molecule has 3 heteroatoms. The Bertz CT molecular complexity index is 300. The summed E-state index contributed by atoms with van der Waals surface area (Å²) < 4.78 is 5.71. The summed E-state index contributed by atoms with van der Waals surface area (Å²) >= 11 is 1.76. The third-order valence-corrected chi connectivity index (χ3v) is 3.57. The second kappa shape index (κ2) is 10.3. The van der Waals surface area contributed by atoms with Crippen LogP contribution in [0.25, 0.3) is 0 Å². The van der Waals surface area contributed by atoms with Crippen molar-refractivity contribution in [3.05, 3.63) is 24.3 Å². The number of ether oxygens (including phenoxy) is 1. The van der Waals surface area contributed by atoms with Crippen LogP contribution in [0.2, 0.25) is 0 Å². The van der Waals surface area contributed by atoms with Crippen molar-refractivity contribution in [2.45, 2.75) is 37.5 Å². The van der Waals surface area contributed by atoms with E-state index in [1.165, 1.54) is 24.2 Å². The van der Waals surface area contributed by atoms with Crippen molar-refractivity contribution >= 4 is 11.8 Å². The fraction of sp³-hybridized carbons (Fsp3) is 0.600. The largest absolute Gasteiger partial charge is 0.494 e. The number of rotatable bonds is 10. The van der Waals surface area contributed by atoms with Gasteiger partial charge in [0, 0.05) is 4.90 Å². The second-order valence-electron chi connectivity index (χ2n) is 4.29.